The Morgan fingerprint density at radius 2 is 1.29 bits per heavy atom. The molecule has 0 aromatic heterocycles. The number of phenols is 1. The van der Waals surface area contributed by atoms with Crippen LogP contribution >= 0.6 is 0 Å². The third-order valence-electron chi connectivity index (χ3n) is 8.01. The molecule has 252 valence electrons. The van der Waals surface area contributed by atoms with Crippen LogP contribution in [0.4, 0.5) is 0 Å². The van der Waals surface area contributed by atoms with Crippen molar-refractivity contribution in [1.29, 1.82) is 0 Å². The van der Waals surface area contributed by atoms with E-state index in [1.807, 2.05) is 48.5 Å². The topological polar surface area (TPSA) is 206 Å². The van der Waals surface area contributed by atoms with Crippen LogP contribution in [0.2, 0.25) is 0 Å². The van der Waals surface area contributed by atoms with Gasteiger partial charge in [-0.05, 0) is 54.5 Å². The molecule has 12 nitrogen and oxygen atoms in total. The predicted octanol–water partition coefficient (Wildman–Crippen LogP) is 0.912. The lowest BCUT2D eigenvalue weighted by Gasteiger charge is -2.26. The quantitative estimate of drug-likeness (QED) is 0.166. The van der Waals surface area contributed by atoms with Gasteiger partial charge in [0, 0.05) is 12.8 Å². The van der Waals surface area contributed by atoms with Gasteiger partial charge in [-0.2, -0.15) is 0 Å². The van der Waals surface area contributed by atoms with Crippen molar-refractivity contribution < 1.29 is 29.1 Å². The minimum absolute atomic E-state index is 0.0629. The molecule has 4 rings (SSSR count). The minimum atomic E-state index is -1.13. The van der Waals surface area contributed by atoms with Crippen molar-refractivity contribution in [1.82, 2.24) is 21.3 Å². The number of rotatable bonds is 9. The average molecular weight is 655 g/mol. The minimum Gasteiger partial charge on any atom is -0.508 e. The summed E-state index contributed by atoms with van der Waals surface area (Å²) < 4.78 is 0. The van der Waals surface area contributed by atoms with E-state index in [2.05, 4.69) is 21.3 Å². The second kappa shape index (κ2) is 17.4. The van der Waals surface area contributed by atoms with Gasteiger partial charge in [0.1, 0.15) is 29.9 Å². The SMILES string of the molecule is NC(=O)[C@@H]1CC/C=C\C[C@@H](NC(=O)[C@@H](N)Cc2ccc(O)cc2)C(=O)N[C@@H](Cc2ccccc2)C(=O)N[C@@H](Cc2ccccc2)C(=O)N1. The highest BCUT2D eigenvalue weighted by Crippen LogP contribution is 2.12. The average Bonchev–Trinajstić information content (AvgIpc) is 3.07. The predicted molar refractivity (Wildman–Crippen MR) is 180 cm³/mol. The summed E-state index contributed by atoms with van der Waals surface area (Å²) in [6.45, 7) is 0. The summed E-state index contributed by atoms with van der Waals surface area (Å²) in [5.74, 6) is -3.05. The van der Waals surface area contributed by atoms with Crippen LogP contribution in [0.3, 0.4) is 0 Å². The third kappa shape index (κ3) is 10.8. The van der Waals surface area contributed by atoms with E-state index in [9.17, 15) is 29.1 Å². The van der Waals surface area contributed by atoms with Gasteiger partial charge in [-0.25, -0.2) is 0 Å². The fourth-order valence-electron chi connectivity index (χ4n) is 5.32. The Balaban J connectivity index is 1.61. The molecule has 5 atom stereocenters. The van der Waals surface area contributed by atoms with Gasteiger partial charge in [0.15, 0.2) is 0 Å². The number of nitrogens with one attached hydrogen (secondary N) is 4. The summed E-state index contributed by atoms with van der Waals surface area (Å²) in [5.41, 5.74) is 14.1. The molecule has 0 saturated carbocycles. The molecule has 12 heteroatoms. The van der Waals surface area contributed by atoms with Gasteiger partial charge in [0.05, 0.1) is 6.04 Å². The van der Waals surface area contributed by atoms with Crippen LogP contribution in [0.25, 0.3) is 0 Å². The number of primary amides is 1. The number of hydrogen-bond acceptors (Lipinski definition) is 7. The number of hydrogen-bond donors (Lipinski definition) is 7. The van der Waals surface area contributed by atoms with E-state index in [4.69, 9.17) is 11.5 Å². The zero-order chi connectivity index (χ0) is 34.5. The van der Waals surface area contributed by atoms with Crippen molar-refractivity contribution >= 4 is 29.5 Å². The molecule has 0 saturated heterocycles. The van der Waals surface area contributed by atoms with Gasteiger partial charge in [-0.1, -0.05) is 84.9 Å². The Hall–Kier alpha value is -5.49. The molecule has 1 aliphatic heterocycles. The first kappa shape index (κ1) is 35.4. The van der Waals surface area contributed by atoms with E-state index in [0.717, 1.165) is 16.7 Å². The molecule has 9 N–H and O–H groups in total. The standard InChI is InChI=1S/C36H42N6O6/c37-27(20-25-16-18-26(43)19-17-25)33(45)40-29-15-9-3-8-14-28(32(38)44)39-35(47)30(21-23-10-4-1-5-11-23)42-36(48)31(41-34(29)46)22-24-12-6-2-7-13-24/h1-7,9-13,16-19,27-31,43H,8,14-15,20-22,37H2,(H2,38,44)(H,39,47)(H,40,45)(H,41,46)(H,42,48)/b9-3-/t27-,28-,29+,30-,31-/m0/s1. The van der Waals surface area contributed by atoms with Gasteiger partial charge < -0.3 is 37.8 Å². The molecule has 5 amide bonds. The Kier molecular flexibility index (Phi) is 12.8. The van der Waals surface area contributed by atoms with Gasteiger partial charge in [-0.15, -0.1) is 0 Å². The Bertz CT molecular complexity index is 1580. The van der Waals surface area contributed by atoms with E-state index in [1.165, 1.54) is 12.1 Å². The van der Waals surface area contributed by atoms with Gasteiger partial charge in [0.2, 0.25) is 29.5 Å². The summed E-state index contributed by atoms with van der Waals surface area (Å²) in [5, 5.41) is 20.5. The largest absolute Gasteiger partial charge is 0.508 e. The van der Waals surface area contributed by atoms with Crippen molar-refractivity contribution in [2.75, 3.05) is 0 Å². The molecule has 48 heavy (non-hydrogen) atoms. The maximum absolute atomic E-state index is 13.9. The van der Waals surface area contributed by atoms with E-state index in [0.29, 0.717) is 6.42 Å². The first-order valence-corrected chi connectivity index (χ1v) is 15.9. The summed E-state index contributed by atoms with van der Waals surface area (Å²) >= 11 is 0. The number of carbonyl (C=O) groups is 5. The molecule has 1 aliphatic rings. The maximum Gasteiger partial charge on any atom is 0.243 e. The van der Waals surface area contributed by atoms with Gasteiger partial charge in [-0.3, -0.25) is 24.0 Å². The molecular formula is C36H42N6O6. The monoisotopic (exact) mass is 654 g/mol. The van der Waals surface area contributed by atoms with Crippen molar-refractivity contribution in [2.24, 2.45) is 11.5 Å². The molecule has 3 aromatic rings. The first-order valence-electron chi connectivity index (χ1n) is 15.9. The number of phenolic OH excluding ortho intramolecular Hbond substituents is 1. The van der Waals surface area contributed by atoms with Crippen molar-refractivity contribution in [2.45, 2.75) is 68.7 Å². The van der Waals surface area contributed by atoms with E-state index >= 15 is 0 Å². The third-order valence-corrected chi connectivity index (χ3v) is 8.01. The zero-order valence-electron chi connectivity index (χ0n) is 26.5. The highest BCUT2D eigenvalue weighted by Gasteiger charge is 2.32. The molecule has 0 aliphatic carbocycles. The second-order valence-corrected chi connectivity index (χ2v) is 11.8. The fraction of sp³-hybridized carbons (Fsp3) is 0.306. The van der Waals surface area contributed by atoms with Crippen LogP contribution in [0.15, 0.2) is 97.1 Å². The van der Waals surface area contributed by atoms with E-state index < -0.39 is 59.7 Å². The van der Waals surface area contributed by atoms with Crippen LogP contribution in [-0.2, 0) is 43.2 Å². The number of amides is 5. The number of nitrogens with two attached hydrogens (primary N) is 2. The lowest BCUT2D eigenvalue weighted by atomic mass is 10.0. The zero-order valence-corrected chi connectivity index (χ0v) is 26.5. The molecular weight excluding hydrogens is 612 g/mol. The van der Waals surface area contributed by atoms with Gasteiger partial charge in [0.25, 0.3) is 0 Å². The number of aromatic hydroxyl groups is 1. The van der Waals surface area contributed by atoms with Gasteiger partial charge >= 0.3 is 0 Å². The fourth-order valence-corrected chi connectivity index (χ4v) is 5.32. The summed E-state index contributed by atoms with van der Waals surface area (Å²) in [6, 6.07) is 19.1. The summed E-state index contributed by atoms with van der Waals surface area (Å²) in [6.07, 6.45) is 4.37. The first-order chi connectivity index (χ1) is 23.1. The number of benzene rings is 3. The number of allylic oxidation sites excluding steroid dienone is 1. The van der Waals surface area contributed by atoms with E-state index in [1.54, 1.807) is 36.4 Å². The molecule has 0 radical (unpaired) electrons. The van der Waals surface area contributed by atoms with Crippen LogP contribution in [0.5, 0.6) is 5.75 Å². The molecule has 3 aromatic carbocycles. The van der Waals surface area contributed by atoms with Crippen LogP contribution < -0.4 is 32.7 Å². The lowest BCUT2D eigenvalue weighted by molar-refractivity contribution is -0.134. The Labute approximate surface area is 279 Å². The van der Waals surface area contributed by atoms with Crippen LogP contribution in [0.1, 0.15) is 36.0 Å². The van der Waals surface area contributed by atoms with Crippen LogP contribution in [0, 0.1) is 0 Å². The normalized spacial score (nSPS) is 22.1. The lowest BCUT2D eigenvalue weighted by Crippen LogP contribution is -2.59. The van der Waals surface area contributed by atoms with Crippen molar-refractivity contribution in [3.05, 3.63) is 114 Å². The molecule has 0 spiro atoms. The molecule has 0 unspecified atom stereocenters. The highest BCUT2D eigenvalue weighted by atomic mass is 16.3. The second-order valence-electron chi connectivity index (χ2n) is 11.8. The van der Waals surface area contributed by atoms with E-state index in [-0.39, 0.29) is 37.9 Å². The summed E-state index contributed by atoms with van der Waals surface area (Å²) in [4.78, 5) is 66.7. The van der Waals surface area contributed by atoms with Crippen LogP contribution in [-0.4, -0.2) is 64.9 Å². The van der Waals surface area contributed by atoms with Crippen molar-refractivity contribution in [3.63, 3.8) is 0 Å². The highest BCUT2D eigenvalue weighted by molar-refractivity contribution is 5.96. The number of carbonyl (C=O) groups excluding carboxylic acids is 5. The smallest absolute Gasteiger partial charge is 0.243 e. The molecule has 0 fully saturated rings. The Morgan fingerprint density at radius 1 is 0.750 bits per heavy atom. The Morgan fingerprint density at radius 3 is 1.85 bits per heavy atom. The molecule has 1 heterocycles. The maximum atomic E-state index is 13.9. The van der Waals surface area contributed by atoms with Crippen molar-refractivity contribution in [3.8, 4) is 5.75 Å². The summed E-state index contributed by atoms with van der Waals surface area (Å²) in [7, 11) is 0. The molecule has 0 bridgehead atoms.